The highest BCUT2D eigenvalue weighted by molar-refractivity contribution is 6.00. The maximum Gasteiger partial charge on any atom is 0.244 e. The van der Waals surface area contributed by atoms with Gasteiger partial charge in [0.15, 0.2) is 0 Å². The Morgan fingerprint density at radius 2 is 2.05 bits per heavy atom. The molecule has 0 spiro atoms. The third kappa shape index (κ3) is 3.04. The first-order valence-electron chi connectivity index (χ1n) is 7.01. The molecule has 1 aliphatic heterocycles. The molecule has 0 bridgehead atoms. The van der Waals surface area contributed by atoms with Crippen molar-refractivity contribution in [3.63, 3.8) is 0 Å². The second kappa shape index (κ2) is 5.66. The highest BCUT2D eigenvalue weighted by Gasteiger charge is 2.45. The zero-order valence-electron chi connectivity index (χ0n) is 12.0. The van der Waals surface area contributed by atoms with E-state index in [-0.39, 0.29) is 24.2 Å². The molecule has 6 heteroatoms. The van der Waals surface area contributed by atoms with Crippen molar-refractivity contribution < 1.29 is 9.59 Å². The summed E-state index contributed by atoms with van der Waals surface area (Å²) in [6.07, 6.45) is 3.38. The van der Waals surface area contributed by atoms with Gasteiger partial charge in [-0.15, -0.1) is 12.4 Å². The Labute approximate surface area is 130 Å². The maximum atomic E-state index is 11.9. The Balaban J connectivity index is 0.00000161. The van der Waals surface area contributed by atoms with Crippen molar-refractivity contribution in [2.75, 3.05) is 16.8 Å². The average Bonchev–Trinajstić information content (AvgIpc) is 3.17. The Bertz CT molecular complexity index is 584. The Morgan fingerprint density at radius 1 is 1.33 bits per heavy atom. The van der Waals surface area contributed by atoms with Gasteiger partial charge in [-0.1, -0.05) is 0 Å². The first kappa shape index (κ1) is 15.8. The molecule has 21 heavy (non-hydrogen) atoms. The Kier molecular flexibility index (Phi) is 4.25. The molecule has 2 aliphatic rings. The van der Waals surface area contributed by atoms with E-state index in [9.17, 15) is 9.59 Å². The van der Waals surface area contributed by atoms with Crippen LogP contribution in [0.15, 0.2) is 18.2 Å². The van der Waals surface area contributed by atoms with Gasteiger partial charge in [0, 0.05) is 24.8 Å². The molecule has 3 rings (SSSR count). The van der Waals surface area contributed by atoms with Crippen molar-refractivity contribution in [2.45, 2.75) is 38.1 Å². The standard InChI is InChI=1S/C15H19N3O2.ClH/c1-10(19)18-8-2-3-11-9-12(4-5-13(11)18)17-14(20)15(16)6-7-15;/h4-5,9H,2-3,6-8,16H2,1H3,(H,17,20);1H. The predicted molar refractivity (Wildman–Crippen MR) is 84.8 cm³/mol. The summed E-state index contributed by atoms with van der Waals surface area (Å²) >= 11 is 0. The highest BCUT2D eigenvalue weighted by atomic mass is 35.5. The summed E-state index contributed by atoms with van der Waals surface area (Å²) in [4.78, 5) is 25.3. The molecule has 2 amide bonds. The molecule has 0 atom stereocenters. The molecule has 0 unspecified atom stereocenters. The number of halogens is 1. The molecular weight excluding hydrogens is 290 g/mol. The van der Waals surface area contributed by atoms with Gasteiger partial charge in [0.25, 0.3) is 0 Å². The molecule has 1 heterocycles. The van der Waals surface area contributed by atoms with Gasteiger partial charge in [-0.2, -0.15) is 0 Å². The van der Waals surface area contributed by atoms with Crippen LogP contribution in [-0.4, -0.2) is 23.9 Å². The largest absolute Gasteiger partial charge is 0.324 e. The highest BCUT2D eigenvalue weighted by Crippen LogP contribution is 2.34. The molecule has 0 saturated heterocycles. The van der Waals surface area contributed by atoms with E-state index in [1.54, 1.807) is 11.8 Å². The molecule has 114 valence electrons. The third-order valence-corrected chi connectivity index (χ3v) is 4.08. The summed E-state index contributed by atoms with van der Waals surface area (Å²) in [7, 11) is 0. The number of amides is 2. The number of fused-ring (bicyclic) bond motifs is 1. The number of nitrogens with zero attached hydrogens (tertiary/aromatic N) is 1. The van der Waals surface area contributed by atoms with Crippen molar-refractivity contribution in [1.29, 1.82) is 0 Å². The number of carbonyl (C=O) groups is 2. The lowest BCUT2D eigenvalue weighted by molar-refractivity contribution is -0.118. The van der Waals surface area contributed by atoms with E-state index in [1.165, 1.54) is 0 Å². The fourth-order valence-corrected chi connectivity index (χ4v) is 2.62. The van der Waals surface area contributed by atoms with Crippen molar-refractivity contribution in [2.24, 2.45) is 5.73 Å². The summed E-state index contributed by atoms with van der Waals surface area (Å²) in [5.41, 5.74) is 8.02. The first-order valence-corrected chi connectivity index (χ1v) is 7.01. The number of nitrogens with one attached hydrogen (secondary N) is 1. The van der Waals surface area contributed by atoms with Crippen LogP contribution in [0.25, 0.3) is 0 Å². The quantitative estimate of drug-likeness (QED) is 0.875. The number of hydrogen-bond acceptors (Lipinski definition) is 3. The van der Waals surface area contributed by atoms with Crippen LogP contribution < -0.4 is 16.0 Å². The van der Waals surface area contributed by atoms with Gasteiger partial charge in [-0.25, -0.2) is 0 Å². The lowest BCUT2D eigenvalue weighted by Crippen LogP contribution is -2.38. The van der Waals surface area contributed by atoms with Crippen molar-refractivity contribution in [3.05, 3.63) is 23.8 Å². The minimum Gasteiger partial charge on any atom is -0.324 e. The van der Waals surface area contributed by atoms with Crippen LogP contribution in [0.5, 0.6) is 0 Å². The fourth-order valence-electron chi connectivity index (χ4n) is 2.62. The number of anilines is 2. The van der Waals surface area contributed by atoms with E-state index in [2.05, 4.69) is 5.32 Å². The van der Waals surface area contributed by atoms with E-state index in [1.807, 2.05) is 18.2 Å². The second-order valence-corrected chi connectivity index (χ2v) is 5.73. The van der Waals surface area contributed by atoms with Gasteiger partial charge in [-0.05, 0) is 49.4 Å². The number of benzene rings is 1. The summed E-state index contributed by atoms with van der Waals surface area (Å²) < 4.78 is 0. The summed E-state index contributed by atoms with van der Waals surface area (Å²) in [5.74, 6) is -0.0571. The van der Waals surface area contributed by atoms with E-state index in [4.69, 9.17) is 5.73 Å². The van der Waals surface area contributed by atoms with Crippen LogP contribution in [0.3, 0.4) is 0 Å². The van der Waals surface area contributed by atoms with Crippen LogP contribution in [-0.2, 0) is 16.0 Å². The lowest BCUT2D eigenvalue weighted by Gasteiger charge is -2.29. The minimum absolute atomic E-state index is 0. The molecule has 1 saturated carbocycles. The molecule has 5 nitrogen and oxygen atoms in total. The summed E-state index contributed by atoms with van der Waals surface area (Å²) in [6, 6.07) is 5.69. The number of hydrogen-bond donors (Lipinski definition) is 2. The van der Waals surface area contributed by atoms with Gasteiger partial charge in [-0.3, -0.25) is 9.59 Å². The zero-order valence-corrected chi connectivity index (χ0v) is 12.8. The maximum absolute atomic E-state index is 11.9. The monoisotopic (exact) mass is 309 g/mol. The Hall–Kier alpha value is -1.59. The second-order valence-electron chi connectivity index (χ2n) is 5.73. The molecule has 1 fully saturated rings. The number of aryl methyl sites for hydroxylation is 1. The van der Waals surface area contributed by atoms with Gasteiger partial charge in [0.2, 0.25) is 11.8 Å². The van der Waals surface area contributed by atoms with Gasteiger partial charge in [0.05, 0.1) is 5.54 Å². The van der Waals surface area contributed by atoms with Crippen LogP contribution in [0, 0.1) is 0 Å². The normalized spacial score (nSPS) is 18.3. The SMILES string of the molecule is CC(=O)N1CCCc2cc(NC(=O)C3(N)CC3)ccc21.Cl. The van der Waals surface area contributed by atoms with Gasteiger partial charge < -0.3 is 16.0 Å². The number of rotatable bonds is 2. The summed E-state index contributed by atoms with van der Waals surface area (Å²) in [6.45, 7) is 2.34. The molecule has 0 aromatic heterocycles. The first-order chi connectivity index (χ1) is 9.49. The average molecular weight is 310 g/mol. The third-order valence-electron chi connectivity index (χ3n) is 4.08. The van der Waals surface area contributed by atoms with Gasteiger partial charge in [0.1, 0.15) is 0 Å². The number of carbonyl (C=O) groups excluding carboxylic acids is 2. The van der Waals surface area contributed by atoms with E-state index < -0.39 is 5.54 Å². The van der Waals surface area contributed by atoms with Crippen molar-refractivity contribution >= 4 is 35.6 Å². The van der Waals surface area contributed by atoms with Gasteiger partial charge >= 0.3 is 0 Å². The molecule has 3 N–H and O–H groups in total. The molecule has 1 aromatic rings. The van der Waals surface area contributed by atoms with Crippen molar-refractivity contribution in [1.82, 2.24) is 0 Å². The molecule has 1 aromatic carbocycles. The lowest BCUT2D eigenvalue weighted by atomic mass is 10.0. The Morgan fingerprint density at radius 3 is 2.67 bits per heavy atom. The fraction of sp³-hybridized carbons (Fsp3) is 0.467. The van der Waals surface area contributed by atoms with E-state index in [0.29, 0.717) is 0 Å². The van der Waals surface area contributed by atoms with Crippen LogP contribution in [0.1, 0.15) is 31.7 Å². The smallest absolute Gasteiger partial charge is 0.244 e. The van der Waals surface area contributed by atoms with Crippen LogP contribution in [0.2, 0.25) is 0 Å². The predicted octanol–water partition coefficient (Wildman–Crippen LogP) is 1.84. The molecule has 1 aliphatic carbocycles. The zero-order chi connectivity index (χ0) is 14.3. The van der Waals surface area contributed by atoms with Crippen molar-refractivity contribution in [3.8, 4) is 0 Å². The number of nitrogens with two attached hydrogens (primary N) is 1. The topological polar surface area (TPSA) is 75.4 Å². The summed E-state index contributed by atoms with van der Waals surface area (Å²) in [5, 5.41) is 2.87. The van der Waals surface area contributed by atoms with E-state index >= 15 is 0 Å². The molecule has 0 radical (unpaired) electrons. The minimum atomic E-state index is -0.665. The van der Waals surface area contributed by atoms with E-state index in [0.717, 1.165) is 49.2 Å². The van der Waals surface area contributed by atoms with Crippen LogP contribution in [0.4, 0.5) is 11.4 Å². The molecular formula is C15H20ClN3O2. The van der Waals surface area contributed by atoms with Crippen LogP contribution >= 0.6 is 12.4 Å².